The lowest BCUT2D eigenvalue weighted by Gasteiger charge is -2.07. The van der Waals surface area contributed by atoms with Crippen molar-refractivity contribution in [1.29, 1.82) is 0 Å². The number of thiazole rings is 1. The molecule has 1 heterocycles. The first-order valence-corrected chi connectivity index (χ1v) is 9.22. The zero-order chi connectivity index (χ0) is 17.2. The zero-order valence-electron chi connectivity index (χ0n) is 13.9. The normalized spacial score (nSPS) is 18.6. The number of nitrogens with zero attached hydrogens (tertiary/aromatic N) is 1. The van der Waals surface area contributed by atoms with E-state index in [1.807, 2.05) is 54.9 Å². The Morgan fingerprint density at radius 2 is 2.00 bits per heavy atom. The van der Waals surface area contributed by atoms with Gasteiger partial charge in [-0.05, 0) is 30.0 Å². The second-order valence-electron chi connectivity index (χ2n) is 6.22. The van der Waals surface area contributed by atoms with E-state index < -0.39 is 0 Å². The Bertz CT molecular complexity index is 891. The van der Waals surface area contributed by atoms with Gasteiger partial charge in [0, 0.05) is 29.6 Å². The highest BCUT2D eigenvalue weighted by Crippen LogP contribution is 2.47. The van der Waals surface area contributed by atoms with E-state index in [1.54, 1.807) is 11.3 Å². The van der Waals surface area contributed by atoms with Crippen molar-refractivity contribution in [2.45, 2.75) is 12.3 Å². The summed E-state index contributed by atoms with van der Waals surface area (Å²) in [6.45, 7) is 0. The van der Waals surface area contributed by atoms with Crippen LogP contribution >= 0.6 is 11.3 Å². The highest BCUT2D eigenvalue weighted by atomic mass is 32.1. The molecule has 25 heavy (non-hydrogen) atoms. The first kappa shape index (κ1) is 15.8. The topological polar surface area (TPSA) is 54.0 Å². The second-order valence-corrected chi connectivity index (χ2v) is 7.08. The van der Waals surface area contributed by atoms with E-state index in [9.17, 15) is 4.79 Å². The summed E-state index contributed by atoms with van der Waals surface area (Å²) >= 11 is 1.57. The highest BCUT2D eigenvalue weighted by Gasteiger charge is 2.43. The molecular weight excluding hydrogens is 330 g/mol. The number of hydrogen-bond acceptors (Lipinski definition) is 4. The number of anilines is 2. The van der Waals surface area contributed by atoms with Crippen LogP contribution in [0.1, 0.15) is 17.9 Å². The third-order valence-corrected chi connectivity index (χ3v) is 5.36. The van der Waals surface area contributed by atoms with Gasteiger partial charge in [0.2, 0.25) is 5.91 Å². The number of amides is 1. The number of carbonyl (C=O) groups excluding carboxylic acids is 1. The van der Waals surface area contributed by atoms with Crippen LogP contribution in [0.3, 0.4) is 0 Å². The number of hydrogen-bond donors (Lipinski definition) is 2. The van der Waals surface area contributed by atoms with Crippen LogP contribution in [-0.4, -0.2) is 17.9 Å². The van der Waals surface area contributed by atoms with Crippen LogP contribution in [0.5, 0.6) is 0 Å². The fourth-order valence-electron chi connectivity index (χ4n) is 3.07. The molecular formula is C20H19N3OS. The summed E-state index contributed by atoms with van der Waals surface area (Å²) in [5.74, 6) is 0.516. The van der Waals surface area contributed by atoms with Crippen LogP contribution in [-0.2, 0) is 4.79 Å². The molecule has 0 aliphatic heterocycles. The van der Waals surface area contributed by atoms with Gasteiger partial charge in [-0.1, -0.05) is 42.5 Å². The summed E-state index contributed by atoms with van der Waals surface area (Å²) < 4.78 is 0. The Labute approximate surface area is 150 Å². The van der Waals surface area contributed by atoms with Crippen molar-refractivity contribution >= 4 is 28.1 Å². The van der Waals surface area contributed by atoms with Crippen LogP contribution in [0.4, 0.5) is 10.8 Å². The minimum Gasteiger partial charge on any atom is -0.365 e. The van der Waals surface area contributed by atoms with Gasteiger partial charge in [0.05, 0.1) is 5.69 Å². The molecule has 5 heteroatoms. The molecule has 1 fully saturated rings. The van der Waals surface area contributed by atoms with Gasteiger partial charge in [0.15, 0.2) is 5.13 Å². The number of carbonyl (C=O) groups is 1. The molecule has 4 rings (SSSR count). The van der Waals surface area contributed by atoms with E-state index in [4.69, 9.17) is 0 Å². The van der Waals surface area contributed by atoms with Gasteiger partial charge in [0.25, 0.3) is 0 Å². The average Bonchev–Trinajstić information content (AvgIpc) is 3.32. The quantitative estimate of drug-likeness (QED) is 0.708. The predicted molar refractivity (Wildman–Crippen MR) is 103 cm³/mol. The molecule has 126 valence electrons. The van der Waals surface area contributed by atoms with E-state index in [-0.39, 0.29) is 11.8 Å². The number of nitrogens with one attached hydrogen (secondary N) is 2. The van der Waals surface area contributed by atoms with E-state index >= 15 is 0 Å². The first-order valence-electron chi connectivity index (χ1n) is 8.34. The van der Waals surface area contributed by atoms with Crippen LogP contribution < -0.4 is 10.6 Å². The Kier molecular flexibility index (Phi) is 4.24. The van der Waals surface area contributed by atoms with E-state index in [1.165, 1.54) is 5.56 Å². The Morgan fingerprint density at radius 1 is 1.16 bits per heavy atom. The molecule has 2 aromatic carbocycles. The van der Waals surface area contributed by atoms with Crippen molar-refractivity contribution in [3.05, 3.63) is 65.5 Å². The van der Waals surface area contributed by atoms with Crippen molar-refractivity contribution in [3.8, 4) is 11.3 Å². The third kappa shape index (κ3) is 3.42. The number of benzene rings is 2. The molecule has 1 saturated carbocycles. The van der Waals surface area contributed by atoms with Gasteiger partial charge in [0.1, 0.15) is 0 Å². The maximum Gasteiger partial charge on any atom is 0.228 e. The molecule has 1 aromatic heterocycles. The highest BCUT2D eigenvalue weighted by molar-refractivity contribution is 7.14. The molecule has 1 amide bonds. The molecule has 0 bridgehead atoms. The second kappa shape index (κ2) is 6.69. The van der Waals surface area contributed by atoms with E-state index in [0.717, 1.165) is 28.5 Å². The minimum absolute atomic E-state index is 0.0706. The Hall–Kier alpha value is -2.66. The van der Waals surface area contributed by atoms with Crippen molar-refractivity contribution in [3.63, 3.8) is 0 Å². The largest absolute Gasteiger partial charge is 0.365 e. The molecule has 0 radical (unpaired) electrons. The minimum atomic E-state index is 0.0706. The molecule has 1 aliphatic carbocycles. The van der Waals surface area contributed by atoms with Crippen LogP contribution in [0.2, 0.25) is 0 Å². The molecule has 2 N–H and O–H groups in total. The van der Waals surface area contributed by atoms with Crippen LogP contribution in [0.25, 0.3) is 11.3 Å². The van der Waals surface area contributed by atoms with Gasteiger partial charge in [-0.3, -0.25) is 4.79 Å². The van der Waals surface area contributed by atoms with Crippen LogP contribution in [0, 0.1) is 5.92 Å². The van der Waals surface area contributed by atoms with Gasteiger partial charge >= 0.3 is 0 Å². The molecule has 0 unspecified atom stereocenters. The lowest BCUT2D eigenvalue weighted by molar-refractivity contribution is -0.117. The van der Waals surface area contributed by atoms with Gasteiger partial charge in [-0.25, -0.2) is 4.98 Å². The van der Waals surface area contributed by atoms with Crippen molar-refractivity contribution in [2.75, 3.05) is 17.7 Å². The standard InChI is InChI=1S/C20H19N3OS/c1-21-20-23-18(12-25-20)14-8-5-9-15(10-14)22-19(24)17-11-16(17)13-6-3-2-4-7-13/h2-10,12,16-17H,11H2,1H3,(H,21,23)(H,22,24)/t16-,17-/m0/s1. The Morgan fingerprint density at radius 3 is 2.76 bits per heavy atom. The van der Waals surface area contributed by atoms with Gasteiger partial charge in [-0.2, -0.15) is 0 Å². The average molecular weight is 349 g/mol. The summed E-state index contributed by atoms with van der Waals surface area (Å²) in [5, 5.41) is 9.00. The fraction of sp³-hybridized carbons (Fsp3) is 0.200. The maximum absolute atomic E-state index is 12.5. The summed E-state index contributed by atoms with van der Waals surface area (Å²) in [6, 6.07) is 18.1. The summed E-state index contributed by atoms with van der Waals surface area (Å²) in [6.07, 6.45) is 0.924. The van der Waals surface area contributed by atoms with Gasteiger partial charge in [-0.15, -0.1) is 11.3 Å². The van der Waals surface area contributed by atoms with Crippen molar-refractivity contribution in [2.24, 2.45) is 5.92 Å². The smallest absolute Gasteiger partial charge is 0.228 e. The summed E-state index contributed by atoms with van der Waals surface area (Å²) in [7, 11) is 1.86. The Balaban J connectivity index is 1.45. The molecule has 3 aromatic rings. The lowest BCUT2D eigenvalue weighted by Crippen LogP contribution is -2.14. The van der Waals surface area contributed by atoms with Crippen molar-refractivity contribution < 1.29 is 4.79 Å². The monoisotopic (exact) mass is 349 g/mol. The van der Waals surface area contributed by atoms with Crippen LogP contribution in [0.15, 0.2) is 60.0 Å². The molecule has 0 saturated heterocycles. The SMILES string of the molecule is CNc1nc(-c2cccc(NC(=O)[C@H]3C[C@H]3c3ccccc3)c2)cs1. The molecule has 0 spiro atoms. The fourth-order valence-corrected chi connectivity index (χ4v) is 3.75. The maximum atomic E-state index is 12.5. The van der Waals surface area contributed by atoms with Gasteiger partial charge < -0.3 is 10.6 Å². The third-order valence-electron chi connectivity index (χ3n) is 4.50. The van der Waals surface area contributed by atoms with E-state index in [0.29, 0.717) is 5.92 Å². The predicted octanol–water partition coefficient (Wildman–Crippen LogP) is 4.59. The van der Waals surface area contributed by atoms with Crippen molar-refractivity contribution in [1.82, 2.24) is 4.98 Å². The molecule has 4 nitrogen and oxygen atoms in total. The molecule has 2 atom stereocenters. The lowest BCUT2D eigenvalue weighted by atomic mass is 10.1. The van der Waals surface area contributed by atoms with E-state index in [2.05, 4.69) is 27.8 Å². The molecule has 1 aliphatic rings. The number of aromatic nitrogens is 1. The number of rotatable bonds is 5. The first-order chi connectivity index (χ1) is 12.2. The summed E-state index contributed by atoms with van der Waals surface area (Å²) in [4.78, 5) is 17.0. The summed E-state index contributed by atoms with van der Waals surface area (Å²) in [5.41, 5.74) is 3.99. The zero-order valence-corrected chi connectivity index (χ0v) is 14.7.